The molecule has 0 saturated heterocycles. The van der Waals surface area contributed by atoms with Crippen LogP contribution >= 0.6 is 0 Å². The molecule has 1 fully saturated rings. The Morgan fingerprint density at radius 2 is 1.76 bits per heavy atom. The number of rotatable bonds is 4. The molecule has 0 aliphatic heterocycles. The number of benzene rings is 1. The molecule has 1 amide bonds. The molecule has 0 bridgehead atoms. The van der Waals surface area contributed by atoms with Gasteiger partial charge in [-0.05, 0) is 25.0 Å². The standard InChI is InChI=1S/C16H23NO4/c1-20-13-9-6-10-14(21-2)15(13)16(19)17-11-7-4-3-5-8-12(11)18/h6,9-12,18H,3-5,7-8H2,1-2H3,(H,17,19). The fourth-order valence-corrected chi connectivity index (χ4v) is 2.77. The van der Waals surface area contributed by atoms with Crippen molar-refractivity contribution in [3.63, 3.8) is 0 Å². The van der Waals surface area contributed by atoms with Gasteiger partial charge in [-0.15, -0.1) is 0 Å². The molecule has 1 aliphatic carbocycles. The van der Waals surface area contributed by atoms with E-state index in [4.69, 9.17) is 9.47 Å². The van der Waals surface area contributed by atoms with Gasteiger partial charge in [0.15, 0.2) is 0 Å². The molecule has 5 nitrogen and oxygen atoms in total. The third-order valence-electron chi connectivity index (χ3n) is 3.95. The first-order chi connectivity index (χ1) is 10.2. The van der Waals surface area contributed by atoms with E-state index < -0.39 is 6.10 Å². The van der Waals surface area contributed by atoms with E-state index in [0.29, 0.717) is 17.1 Å². The van der Waals surface area contributed by atoms with Crippen LogP contribution in [0.25, 0.3) is 0 Å². The summed E-state index contributed by atoms with van der Waals surface area (Å²) in [5, 5.41) is 13.0. The monoisotopic (exact) mass is 293 g/mol. The minimum atomic E-state index is -0.489. The maximum atomic E-state index is 12.5. The van der Waals surface area contributed by atoms with Crippen LogP contribution in [0.4, 0.5) is 0 Å². The lowest BCUT2D eigenvalue weighted by atomic mass is 10.0. The summed E-state index contributed by atoms with van der Waals surface area (Å²) in [7, 11) is 3.04. The summed E-state index contributed by atoms with van der Waals surface area (Å²) in [4.78, 5) is 12.5. The van der Waals surface area contributed by atoms with Crippen LogP contribution in [-0.2, 0) is 0 Å². The van der Waals surface area contributed by atoms with Crippen molar-refractivity contribution >= 4 is 5.91 Å². The maximum absolute atomic E-state index is 12.5. The van der Waals surface area contributed by atoms with E-state index in [1.54, 1.807) is 18.2 Å². The van der Waals surface area contributed by atoms with Gasteiger partial charge in [-0.3, -0.25) is 4.79 Å². The summed E-state index contributed by atoms with van der Waals surface area (Å²) in [6, 6.07) is 5.01. The van der Waals surface area contributed by atoms with Gasteiger partial charge in [-0.25, -0.2) is 0 Å². The number of aliphatic hydroxyl groups excluding tert-OH is 1. The molecular weight excluding hydrogens is 270 g/mol. The van der Waals surface area contributed by atoms with Gasteiger partial charge >= 0.3 is 0 Å². The fourth-order valence-electron chi connectivity index (χ4n) is 2.77. The van der Waals surface area contributed by atoms with Crippen molar-refractivity contribution in [2.24, 2.45) is 0 Å². The molecule has 1 aliphatic rings. The van der Waals surface area contributed by atoms with Crippen LogP contribution in [0, 0.1) is 0 Å². The Morgan fingerprint density at radius 3 is 2.38 bits per heavy atom. The number of nitrogens with one attached hydrogen (secondary N) is 1. The quantitative estimate of drug-likeness (QED) is 0.835. The molecule has 2 rings (SSSR count). The number of carbonyl (C=O) groups is 1. The van der Waals surface area contributed by atoms with Gasteiger partial charge < -0.3 is 19.9 Å². The number of hydrogen-bond donors (Lipinski definition) is 2. The van der Waals surface area contributed by atoms with Crippen molar-refractivity contribution in [3.8, 4) is 11.5 Å². The Morgan fingerprint density at radius 1 is 1.14 bits per heavy atom. The summed E-state index contributed by atoms with van der Waals surface area (Å²) in [5.74, 6) is 0.667. The molecule has 0 heterocycles. The van der Waals surface area contributed by atoms with Crippen LogP contribution in [0.15, 0.2) is 18.2 Å². The first kappa shape index (κ1) is 15.6. The maximum Gasteiger partial charge on any atom is 0.259 e. The molecule has 2 N–H and O–H groups in total. The van der Waals surface area contributed by atoms with Crippen LogP contribution < -0.4 is 14.8 Å². The molecule has 0 spiro atoms. The lowest BCUT2D eigenvalue weighted by molar-refractivity contribution is 0.0813. The Bertz CT molecular complexity index is 467. The number of aliphatic hydroxyl groups is 1. The summed E-state index contributed by atoms with van der Waals surface area (Å²) < 4.78 is 10.5. The summed E-state index contributed by atoms with van der Waals surface area (Å²) in [5.41, 5.74) is 0.374. The molecule has 116 valence electrons. The van der Waals surface area contributed by atoms with Gasteiger partial charge in [0.2, 0.25) is 0 Å². The van der Waals surface area contributed by atoms with E-state index in [2.05, 4.69) is 5.32 Å². The second-order valence-corrected chi connectivity index (χ2v) is 5.32. The van der Waals surface area contributed by atoms with Crippen molar-refractivity contribution in [1.29, 1.82) is 0 Å². The highest BCUT2D eigenvalue weighted by molar-refractivity contribution is 5.99. The van der Waals surface area contributed by atoms with E-state index in [9.17, 15) is 9.90 Å². The zero-order valence-corrected chi connectivity index (χ0v) is 12.6. The van der Waals surface area contributed by atoms with Crippen LogP contribution in [0.5, 0.6) is 11.5 Å². The van der Waals surface area contributed by atoms with Crippen LogP contribution in [0.2, 0.25) is 0 Å². The van der Waals surface area contributed by atoms with Crippen molar-refractivity contribution in [2.45, 2.75) is 44.2 Å². The van der Waals surface area contributed by atoms with Gasteiger partial charge in [0.1, 0.15) is 17.1 Å². The number of methoxy groups -OCH3 is 2. The molecule has 1 aromatic carbocycles. The lowest BCUT2D eigenvalue weighted by Gasteiger charge is -2.22. The minimum absolute atomic E-state index is 0.213. The largest absolute Gasteiger partial charge is 0.496 e. The van der Waals surface area contributed by atoms with Crippen LogP contribution in [-0.4, -0.2) is 37.4 Å². The highest BCUT2D eigenvalue weighted by Crippen LogP contribution is 2.28. The van der Waals surface area contributed by atoms with Gasteiger partial charge in [0.25, 0.3) is 5.91 Å². The van der Waals surface area contributed by atoms with Crippen molar-refractivity contribution in [1.82, 2.24) is 5.32 Å². The summed E-state index contributed by atoms with van der Waals surface area (Å²) >= 11 is 0. The highest BCUT2D eigenvalue weighted by Gasteiger charge is 2.26. The number of ether oxygens (including phenoxy) is 2. The summed E-state index contributed by atoms with van der Waals surface area (Å²) in [6.07, 6.45) is 4.16. The third-order valence-corrected chi connectivity index (χ3v) is 3.95. The molecule has 5 heteroatoms. The van der Waals surface area contributed by atoms with Crippen molar-refractivity contribution in [3.05, 3.63) is 23.8 Å². The first-order valence-electron chi connectivity index (χ1n) is 7.37. The van der Waals surface area contributed by atoms with E-state index in [-0.39, 0.29) is 11.9 Å². The molecule has 0 radical (unpaired) electrons. The first-order valence-corrected chi connectivity index (χ1v) is 7.37. The highest BCUT2D eigenvalue weighted by atomic mass is 16.5. The zero-order chi connectivity index (χ0) is 15.2. The Kier molecular flexibility index (Phi) is 5.44. The van der Waals surface area contributed by atoms with Gasteiger partial charge in [-0.1, -0.05) is 25.3 Å². The molecule has 2 unspecified atom stereocenters. The van der Waals surface area contributed by atoms with Gasteiger partial charge in [0.05, 0.1) is 26.4 Å². The van der Waals surface area contributed by atoms with E-state index in [0.717, 1.165) is 32.1 Å². The second kappa shape index (κ2) is 7.31. The van der Waals surface area contributed by atoms with Crippen molar-refractivity contribution in [2.75, 3.05) is 14.2 Å². The zero-order valence-electron chi connectivity index (χ0n) is 12.6. The average Bonchev–Trinajstić information content (AvgIpc) is 2.71. The van der Waals surface area contributed by atoms with E-state index >= 15 is 0 Å². The van der Waals surface area contributed by atoms with Gasteiger partial charge in [-0.2, -0.15) is 0 Å². The van der Waals surface area contributed by atoms with E-state index in [1.165, 1.54) is 14.2 Å². The normalized spacial score (nSPS) is 22.2. The fraction of sp³-hybridized carbons (Fsp3) is 0.562. The van der Waals surface area contributed by atoms with Crippen LogP contribution in [0.3, 0.4) is 0 Å². The minimum Gasteiger partial charge on any atom is -0.496 e. The Hall–Kier alpha value is -1.75. The molecule has 1 aromatic rings. The Balaban J connectivity index is 2.19. The van der Waals surface area contributed by atoms with Crippen LogP contribution in [0.1, 0.15) is 42.5 Å². The second-order valence-electron chi connectivity index (χ2n) is 5.32. The molecule has 2 atom stereocenters. The molecule has 0 aromatic heterocycles. The Labute approximate surface area is 125 Å². The predicted octanol–water partition coefficient (Wildman–Crippen LogP) is 2.13. The van der Waals surface area contributed by atoms with E-state index in [1.807, 2.05) is 0 Å². The average molecular weight is 293 g/mol. The number of carbonyl (C=O) groups excluding carboxylic acids is 1. The lowest BCUT2D eigenvalue weighted by Crippen LogP contribution is -2.42. The van der Waals surface area contributed by atoms with Crippen molar-refractivity contribution < 1.29 is 19.4 Å². The molecular formula is C16H23NO4. The topological polar surface area (TPSA) is 67.8 Å². The predicted molar refractivity (Wildman–Crippen MR) is 79.9 cm³/mol. The summed E-state index contributed by atoms with van der Waals surface area (Å²) in [6.45, 7) is 0. The SMILES string of the molecule is COc1cccc(OC)c1C(=O)NC1CCCCCC1O. The number of amides is 1. The molecule has 21 heavy (non-hydrogen) atoms. The third kappa shape index (κ3) is 3.67. The number of hydrogen-bond acceptors (Lipinski definition) is 4. The smallest absolute Gasteiger partial charge is 0.259 e. The van der Waals surface area contributed by atoms with Gasteiger partial charge in [0, 0.05) is 0 Å². The molecule has 1 saturated carbocycles.